The fraction of sp³-hybridized carbons (Fsp3) is 0.400. The van der Waals surface area contributed by atoms with Crippen LogP contribution in [-0.4, -0.2) is 35.0 Å². The van der Waals surface area contributed by atoms with Crippen LogP contribution in [0.4, 0.5) is 0 Å². The SMILES string of the molecule is COc1ccc(CCc2c(CCN)ccc(OC)c2OC)cc1OC. The molecule has 5 heteroatoms. The maximum absolute atomic E-state index is 5.77. The van der Waals surface area contributed by atoms with Crippen molar-refractivity contribution in [3.8, 4) is 23.0 Å². The van der Waals surface area contributed by atoms with E-state index in [1.54, 1.807) is 28.4 Å². The van der Waals surface area contributed by atoms with E-state index in [1.807, 2.05) is 18.2 Å². The lowest BCUT2D eigenvalue weighted by atomic mass is 9.96. The Bertz CT molecular complexity index is 700. The second-order valence-electron chi connectivity index (χ2n) is 5.67. The summed E-state index contributed by atoms with van der Waals surface area (Å²) in [5, 5.41) is 0. The standard InChI is InChI=1S/C20H27NO4/c1-22-17-9-6-14(13-19(17)24-3)5-8-16-15(11-12-21)7-10-18(23-2)20(16)25-4/h6-7,9-10,13H,5,8,11-12,21H2,1-4H3. The maximum Gasteiger partial charge on any atom is 0.164 e. The zero-order valence-corrected chi connectivity index (χ0v) is 15.4. The van der Waals surface area contributed by atoms with Crippen molar-refractivity contribution in [2.24, 2.45) is 5.73 Å². The molecule has 0 saturated heterocycles. The summed E-state index contributed by atoms with van der Waals surface area (Å²) in [5.74, 6) is 2.99. The second kappa shape index (κ2) is 9.18. The minimum atomic E-state index is 0.596. The van der Waals surface area contributed by atoms with Crippen molar-refractivity contribution in [2.75, 3.05) is 35.0 Å². The molecule has 0 aromatic heterocycles. The summed E-state index contributed by atoms with van der Waals surface area (Å²) in [4.78, 5) is 0. The number of aryl methyl sites for hydroxylation is 1. The van der Waals surface area contributed by atoms with E-state index in [0.717, 1.165) is 47.8 Å². The molecule has 0 atom stereocenters. The van der Waals surface area contributed by atoms with Crippen molar-refractivity contribution in [1.82, 2.24) is 0 Å². The molecule has 0 aliphatic carbocycles. The van der Waals surface area contributed by atoms with Gasteiger partial charge >= 0.3 is 0 Å². The van der Waals surface area contributed by atoms with Crippen LogP contribution in [0, 0.1) is 0 Å². The topological polar surface area (TPSA) is 62.9 Å². The van der Waals surface area contributed by atoms with Gasteiger partial charge in [0.2, 0.25) is 0 Å². The van der Waals surface area contributed by atoms with Crippen LogP contribution < -0.4 is 24.7 Å². The highest BCUT2D eigenvalue weighted by molar-refractivity contribution is 5.51. The molecule has 0 aliphatic heterocycles. The van der Waals surface area contributed by atoms with Crippen molar-refractivity contribution in [1.29, 1.82) is 0 Å². The largest absolute Gasteiger partial charge is 0.493 e. The first-order chi connectivity index (χ1) is 12.2. The van der Waals surface area contributed by atoms with Crippen molar-refractivity contribution in [2.45, 2.75) is 19.3 Å². The van der Waals surface area contributed by atoms with Gasteiger partial charge in [0, 0.05) is 5.56 Å². The molecule has 0 heterocycles. The molecule has 2 aromatic carbocycles. The van der Waals surface area contributed by atoms with Gasteiger partial charge in [-0.1, -0.05) is 12.1 Å². The molecule has 0 fully saturated rings. The first-order valence-electron chi connectivity index (χ1n) is 8.32. The van der Waals surface area contributed by atoms with Crippen molar-refractivity contribution < 1.29 is 18.9 Å². The molecule has 5 nitrogen and oxygen atoms in total. The first kappa shape index (κ1) is 18.9. The Morgan fingerprint density at radius 1 is 0.720 bits per heavy atom. The Balaban J connectivity index is 2.30. The molecule has 2 N–H and O–H groups in total. The molecule has 0 amide bonds. The lowest BCUT2D eigenvalue weighted by Gasteiger charge is -2.17. The van der Waals surface area contributed by atoms with Crippen LogP contribution in [-0.2, 0) is 19.3 Å². The molecule has 25 heavy (non-hydrogen) atoms. The third-order valence-corrected chi connectivity index (χ3v) is 4.27. The van der Waals surface area contributed by atoms with Crippen LogP contribution in [0.15, 0.2) is 30.3 Å². The number of ether oxygens (including phenoxy) is 4. The van der Waals surface area contributed by atoms with E-state index in [2.05, 4.69) is 12.1 Å². The third kappa shape index (κ3) is 4.37. The molecule has 2 aromatic rings. The zero-order valence-electron chi connectivity index (χ0n) is 15.4. The van der Waals surface area contributed by atoms with Crippen LogP contribution in [0.1, 0.15) is 16.7 Å². The molecule has 0 aliphatic rings. The normalized spacial score (nSPS) is 10.4. The van der Waals surface area contributed by atoms with Crippen LogP contribution >= 0.6 is 0 Å². The highest BCUT2D eigenvalue weighted by Gasteiger charge is 2.15. The van der Waals surface area contributed by atoms with Crippen molar-refractivity contribution in [3.63, 3.8) is 0 Å². The summed E-state index contributed by atoms with van der Waals surface area (Å²) >= 11 is 0. The van der Waals surface area contributed by atoms with E-state index in [9.17, 15) is 0 Å². The molecule has 0 spiro atoms. The van der Waals surface area contributed by atoms with E-state index in [4.69, 9.17) is 24.7 Å². The molecular formula is C20H27NO4. The number of benzene rings is 2. The lowest BCUT2D eigenvalue weighted by molar-refractivity contribution is 0.351. The number of hydrogen-bond acceptors (Lipinski definition) is 5. The monoisotopic (exact) mass is 345 g/mol. The summed E-state index contributed by atoms with van der Waals surface area (Å²) in [6.07, 6.45) is 2.48. The van der Waals surface area contributed by atoms with Crippen LogP contribution in [0.3, 0.4) is 0 Å². The lowest BCUT2D eigenvalue weighted by Crippen LogP contribution is -2.08. The van der Waals surface area contributed by atoms with E-state index >= 15 is 0 Å². The Morgan fingerprint density at radius 2 is 1.40 bits per heavy atom. The van der Waals surface area contributed by atoms with Crippen molar-refractivity contribution >= 4 is 0 Å². The Morgan fingerprint density at radius 3 is 2.00 bits per heavy atom. The van der Waals surface area contributed by atoms with Crippen LogP contribution in [0.5, 0.6) is 23.0 Å². The molecule has 2 rings (SSSR count). The van der Waals surface area contributed by atoms with Gasteiger partial charge in [-0.3, -0.25) is 0 Å². The number of methoxy groups -OCH3 is 4. The fourth-order valence-corrected chi connectivity index (χ4v) is 3.00. The summed E-state index contributed by atoms with van der Waals surface area (Å²) in [7, 11) is 6.60. The number of hydrogen-bond donors (Lipinski definition) is 1. The Hall–Kier alpha value is -2.40. The van der Waals surface area contributed by atoms with Crippen molar-refractivity contribution in [3.05, 3.63) is 47.0 Å². The summed E-state index contributed by atoms with van der Waals surface area (Å²) in [6, 6.07) is 9.99. The molecule has 0 saturated carbocycles. The fourth-order valence-electron chi connectivity index (χ4n) is 3.00. The maximum atomic E-state index is 5.77. The van der Waals surface area contributed by atoms with Gasteiger partial charge < -0.3 is 24.7 Å². The Kier molecular flexibility index (Phi) is 6.95. The van der Waals surface area contributed by atoms with E-state index in [1.165, 1.54) is 11.1 Å². The molecule has 0 bridgehead atoms. The van der Waals surface area contributed by atoms with Gasteiger partial charge in [0.05, 0.1) is 28.4 Å². The van der Waals surface area contributed by atoms with Gasteiger partial charge in [-0.25, -0.2) is 0 Å². The third-order valence-electron chi connectivity index (χ3n) is 4.27. The minimum absolute atomic E-state index is 0.596. The van der Waals surface area contributed by atoms with E-state index in [0.29, 0.717) is 6.54 Å². The predicted octanol–water partition coefficient (Wildman–Crippen LogP) is 3.01. The average molecular weight is 345 g/mol. The highest BCUT2D eigenvalue weighted by atomic mass is 16.5. The number of rotatable bonds is 9. The molecule has 0 radical (unpaired) electrons. The predicted molar refractivity (Wildman–Crippen MR) is 99.3 cm³/mol. The highest BCUT2D eigenvalue weighted by Crippen LogP contribution is 2.35. The smallest absolute Gasteiger partial charge is 0.164 e. The van der Waals surface area contributed by atoms with Crippen LogP contribution in [0.2, 0.25) is 0 Å². The summed E-state index contributed by atoms with van der Waals surface area (Å²) in [6.45, 7) is 0.596. The van der Waals surface area contributed by atoms with Gasteiger partial charge in [-0.2, -0.15) is 0 Å². The molecule has 0 unspecified atom stereocenters. The van der Waals surface area contributed by atoms with E-state index < -0.39 is 0 Å². The molecule has 136 valence electrons. The molecular weight excluding hydrogens is 318 g/mol. The van der Waals surface area contributed by atoms with Gasteiger partial charge in [0.1, 0.15) is 0 Å². The summed E-state index contributed by atoms with van der Waals surface area (Å²) in [5.41, 5.74) is 9.27. The summed E-state index contributed by atoms with van der Waals surface area (Å²) < 4.78 is 21.7. The average Bonchev–Trinajstić information content (AvgIpc) is 2.66. The quantitative estimate of drug-likeness (QED) is 0.757. The number of nitrogens with two attached hydrogens (primary N) is 1. The van der Waals surface area contributed by atoms with Gasteiger partial charge in [0.25, 0.3) is 0 Å². The van der Waals surface area contributed by atoms with Gasteiger partial charge in [0.15, 0.2) is 23.0 Å². The zero-order chi connectivity index (χ0) is 18.2. The second-order valence-corrected chi connectivity index (χ2v) is 5.67. The van der Waals surface area contributed by atoms with E-state index in [-0.39, 0.29) is 0 Å². The first-order valence-corrected chi connectivity index (χ1v) is 8.32. The van der Waals surface area contributed by atoms with Gasteiger partial charge in [-0.15, -0.1) is 0 Å². The minimum Gasteiger partial charge on any atom is -0.493 e. The van der Waals surface area contributed by atoms with Crippen LogP contribution in [0.25, 0.3) is 0 Å². The Labute approximate surface area is 149 Å². The van der Waals surface area contributed by atoms with Gasteiger partial charge in [-0.05, 0) is 55.1 Å².